The summed E-state index contributed by atoms with van der Waals surface area (Å²) in [5.41, 5.74) is 2.07. The van der Waals surface area contributed by atoms with Crippen LogP contribution in [0.15, 0.2) is 23.2 Å². The molecule has 1 aromatic rings. The zero-order valence-corrected chi connectivity index (χ0v) is 18.0. The highest BCUT2D eigenvalue weighted by atomic mass is 19.1. The molecule has 2 N–H and O–H groups in total. The summed E-state index contributed by atoms with van der Waals surface area (Å²) in [6, 6.07) is 5.30. The SMILES string of the molecule is CCOCCC1(CNC(=NC)NCc2ccc(F)c(CN(C)C)c2)CCCC1. The van der Waals surface area contributed by atoms with Crippen LogP contribution < -0.4 is 10.6 Å². The maximum atomic E-state index is 14.0. The predicted octanol–water partition coefficient (Wildman–Crippen LogP) is 3.54. The molecule has 28 heavy (non-hydrogen) atoms. The molecule has 1 aliphatic rings. The Morgan fingerprint density at radius 1 is 1.25 bits per heavy atom. The highest BCUT2D eigenvalue weighted by Gasteiger charge is 2.33. The second-order valence-electron chi connectivity index (χ2n) is 8.10. The number of hydrogen-bond donors (Lipinski definition) is 2. The van der Waals surface area contributed by atoms with Crippen molar-refractivity contribution in [2.24, 2.45) is 10.4 Å². The van der Waals surface area contributed by atoms with Crippen LogP contribution in [0.3, 0.4) is 0 Å². The standard InChI is InChI=1S/C22H37FN4O/c1-5-28-13-12-22(10-6-7-11-22)17-26-21(24-2)25-15-18-8-9-20(23)19(14-18)16-27(3)4/h8-9,14H,5-7,10-13,15-17H2,1-4H3,(H2,24,25,26). The summed E-state index contributed by atoms with van der Waals surface area (Å²) in [6.07, 6.45) is 6.18. The van der Waals surface area contributed by atoms with Gasteiger partial charge in [0.15, 0.2) is 5.96 Å². The smallest absolute Gasteiger partial charge is 0.191 e. The molecule has 0 spiro atoms. The van der Waals surface area contributed by atoms with Crippen molar-refractivity contribution in [3.63, 3.8) is 0 Å². The number of nitrogens with one attached hydrogen (secondary N) is 2. The van der Waals surface area contributed by atoms with Crippen LogP contribution in [-0.4, -0.2) is 51.8 Å². The van der Waals surface area contributed by atoms with E-state index in [4.69, 9.17) is 4.74 Å². The lowest BCUT2D eigenvalue weighted by atomic mass is 9.83. The first-order valence-electron chi connectivity index (χ1n) is 10.4. The van der Waals surface area contributed by atoms with Gasteiger partial charge in [-0.05, 0) is 63.4 Å². The normalized spacial score (nSPS) is 16.6. The Kier molecular flexibility index (Phi) is 9.19. The molecule has 0 amide bonds. The lowest BCUT2D eigenvalue weighted by molar-refractivity contribution is 0.105. The Labute approximate surface area is 169 Å². The van der Waals surface area contributed by atoms with Crippen molar-refractivity contribution in [2.45, 2.75) is 52.1 Å². The van der Waals surface area contributed by atoms with Gasteiger partial charge >= 0.3 is 0 Å². The Bertz CT molecular complexity index is 627. The first-order chi connectivity index (χ1) is 13.5. The molecule has 1 fully saturated rings. The first-order valence-corrected chi connectivity index (χ1v) is 10.4. The van der Waals surface area contributed by atoms with Crippen molar-refractivity contribution in [3.05, 3.63) is 35.1 Å². The largest absolute Gasteiger partial charge is 0.382 e. The van der Waals surface area contributed by atoms with Crippen molar-refractivity contribution >= 4 is 5.96 Å². The van der Waals surface area contributed by atoms with Gasteiger partial charge in [0.2, 0.25) is 0 Å². The summed E-state index contributed by atoms with van der Waals surface area (Å²) in [6.45, 7) is 5.77. The van der Waals surface area contributed by atoms with Crippen molar-refractivity contribution in [2.75, 3.05) is 40.9 Å². The molecule has 5 nitrogen and oxygen atoms in total. The van der Waals surface area contributed by atoms with Gasteiger partial charge in [-0.3, -0.25) is 4.99 Å². The van der Waals surface area contributed by atoms with E-state index >= 15 is 0 Å². The number of aliphatic imine (C=N–C) groups is 1. The summed E-state index contributed by atoms with van der Waals surface area (Å²) in [7, 11) is 5.68. The Morgan fingerprint density at radius 2 is 2.00 bits per heavy atom. The lowest BCUT2D eigenvalue weighted by Gasteiger charge is -2.30. The van der Waals surface area contributed by atoms with Gasteiger partial charge in [-0.25, -0.2) is 4.39 Å². The fraction of sp³-hybridized carbons (Fsp3) is 0.682. The molecule has 158 valence electrons. The fourth-order valence-corrected chi connectivity index (χ4v) is 3.95. The van der Waals surface area contributed by atoms with Gasteiger partial charge in [0.25, 0.3) is 0 Å². The second kappa shape index (κ2) is 11.4. The maximum absolute atomic E-state index is 14.0. The summed E-state index contributed by atoms with van der Waals surface area (Å²) in [5, 5.41) is 6.87. The minimum absolute atomic E-state index is 0.155. The van der Waals surface area contributed by atoms with Crippen LogP contribution in [-0.2, 0) is 17.8 Å². The van der Waals surface area contributed by atoms with Gasteiger partial charge in [0.05, 0.1) is 0 Å². The average Bonchev–Trinajstić information content (AvgIpc) is 3.13. The van der Waals surface area contributed by atoms with E-state index in [1.165, 1.54) is 25.7 Å². The number of hydrogen-bond acceptors (Lipinski definition) is 3. The van der Waals surface area contributed by atoms with E-state index < -0.39 is 0 Å². The quantitative estimate of drug-likeness (QED) is 0.363. The fourth-order valence-electron chi connectivity index (χ4n) is 3.95. The van der Waals surface area contributed by atoms with Crippen LogP contribution in [0.2, 0.25) is 0 Å². The van der Waals surface area contributed by atoms with E-state index in [9.17, 15) is 4.39 Å². The molecule has 0 aromatic heterocycles. The molecule has 6 heteroatoms. The molecule has 0 aliphatic heterocycles. The van der Waals surface area contributed by atoms with Crippen LogP contribution in [0.25, 0.3) is 0 Å². The Hall–Kier alpha value is -1.66. The molecule has 0 unspecified atom stereocenters. The van der Waals surface area contributed by atoms with Crippen molar-refractivity contribution in [1.82, 2.24) is 15.5 Å². The molecule has 0 radical (unpaired) electrons. The van der Waals surface area contributed by atoms with Gasteiger partial charge in [-0.2, -0.15) is 0 Å². The Morgan fingerprint density at radius 3 is 2.64 bits per heavy atom. The molecule has 0 atom stereocenters. The molecule has 0 heterocycles. The number of ether oxygens (including phenoxy) is 1. The van der Waals surface area contributed by atoms with Crippen molar-refractivity contribution < 1.29 is 9.13 Å². The second-order valence-corrected chi connectivity index (χ2v) is 8.10. The number of benzene rings is 1. The number of halogens is 1. The van der Waals surface area contributed by atoms with Gasteiger partial charge in [-0.15, -0.1) is 0 Å². The van der Waals surface area contributed by atoms with Crippen LogP contribution in [0, 0.1) is 11.2 Å². The minimum Gasteiger partial charge on any atom is -0.382 e. The topological polar surface area (TPSA) is 48.9 Å². The van der Waals surface area contributed by atoms with Crippen LogP contribution >= 0.6 is 0 Å². The van der Waals surface area contributed by atoms with Gasteiger partial charge in [0, 0.05) is 45.5 Å². The van der Waals surface area contributed by atoms with E-state index in [1.54, 1.807) is 13.1 Å². The van der Waals surface area contributed by atoms with E-state index in [-0.39, 0.29) is 5.82 Å². The molecule has 0 saturated heterocycles. The monoisotopic (exact) mass is 392 g/mol. The summed E-state index contributed by atoms with van der Waals surface area (Å²) in [4.78, 5) is 6.33. The van der Waals surface area contributed by atoms with Crippen molar-refractivity contribution in [1.29, 1.82) is 0 Å². The molecule has 0 bridgehead atoms. The van der Waals surface area contributed by atoms with E-state index in [2.05, 4.69) is 15.6 Å². The number of nitrogens with zero attached hydrogens (tertiary/aromatic N) is 2. The van der Waals surface area contributed by atoms with Gasteiger partial charge in [-0.1, -0.05) is 18.9 Å². The highest BCUT2D eigenvalue weighted by molar-refractivity contribution is 5.79. The maximum Gasteiger partial charge on any atom is 0.191 e. The third-order valence-electron chi connectivity index (χ3n) is 5.56. The molecule has 2 rings (SSSR count). The zero-order chi connectivity index (χ0) is 20.4. The predicted molar refractivity (Wildman–Crippen MR) is 114 cm³/mol. The lowest BCUT2D eigenvalue weighted by Crippen LogP contribution is -2.43. The van der Waals surface area contributed by atoms with Gasteiger partial charge in [0.1, 0.15) is 5.82 Å². The van der Waals surface area contributed by atoms with Crippen LogP contribution in [0.5, 0.6) is 0 Å². The summed E-state index contributed by atoms with van der Waals surface area (Å²) in [5.74, 6) is 0.638. The third-order valence-corrected chi connectivity index (χ3v) is 5.56. The van der Waals surface area contributed by atoms with E-state index in [0.29, 0.717) is 24.1 Å². The molecular formula is C22H37FN4O. The number of rotatable bonds is 10. The highest BCUT2D eigenvalue weighted by Crippen LogP contribution is 2.40. The van der Waals surface area contributed by atoms with Crippen molar-refractivity contribution in [3.8, 4) is 0 Å². The summed E-state index contributed by atoms with van der Waals surface area (Å²) < 4.78 is 19.6. The van der Waals surface area contributed by atoms with Crippen LogP contribution in [0.4, 0.5) is 4.39 Å². The average molecular weight is 393 g/mol. The minimum atomic E-state index is -0.155. The molecule has 1 saturated carbocycles. The molecule has 1 aliphatic carbocycles. The first kappa shape index (κ1) is 22.6. The van der Waals surface area contributed by atoms with Gasteiger partial charge < -0.3 is 20.3 Å². The molecule has 1 aromatic carbocycles. The number of guanidine groups is 1. The molecular weight excluding hydrogens is 355 g/mol. The van der Waals surface area contributed by atoms with E-state index in [1.807, 2.05) is 38.1 Å². The third kappa shape index (κ3) is 7.06. The zero-order valence-electron chi connectivity index (χ0n) is 18.0. The summed E-state index contributed by atoms with van der Waals surface area (Å²) >= 11 is 0. The van der Waals surface area contributed by atoms with Crippen LogP contribution in [0.1, 0.15) is 50.2 Å². The Balaban J connectivity index is 1.88. The van der Waals surface area contributed by atoms with E-state index in [0.717, 1.165) is 37.7 Å².